The highest BCUT2D eigenvalue weighted by atomic mass is 31.2. The first-order valence-corrected chi connectivity index (χ1v) is 15.2. The molecule has 5 aromatic carbocycles. The average Bonchev–Trinajstić information content (AvgIpc) is 2.97. The molecule has 5 aromatic rings. The number of hydrogen-bond donors (Lipinski definition) is 0. The summed E-state index contributed by atoms with van der Waals surface area (Å²) in [6.07, 6.45) is 8.47. The summed E-state index contributed by atoms with van der Waals surface area (Å²) in [7, 11) is -3.09. The van der Waals surface area contributed by atoms with Gasteiger partial charge in [0.25, 0.3) is 0 Å². The summed E-state index contributed by atoms with van der Waals surface area (Å²) in [4.78, 5) is 0. The van der Waals surface area contributed by atoms with Gasteiger partial charge in [-0.3, -0.25) is 0 Å². The Labute approximate surface area is 236 Å². The molecule has 0 fully saturated rings. The van der Waals surface area contributed by atoms with E-state index in [0.29, 0.717) is 11.5 Å². The predicted molar refractivity (Wildman–Crippen MR) is 171 cm³/mol. The molecule has 2 nitrogen and oxygen atoms in total. The molecule has 40 heavy (non-hydrogen) atoms. The molecule has 0 bridgehead atoms. The molecule has 6 rings (SSSR count). The van der Waals surface area contributed by atoms with Crippen molar-refractivity contribution in [2.24, 2.45) is 0 Å². The van der Waals surface area contributed by atoms with E-state index in [2.05, 4.69) is 79.8 Å². The molecule has 0 spiro atoms. The topological polar surface area (TPSA) is 26.3 Å². The number of rotatable bonds is 5. The smallest absolute Gasteiger partial charge is 0.178 e. The summed E-state index contributed by atoms with van der Waals surface area (Å²) in [5.41, 5.74) is 7.93. The number of ether oxygens (including phenoxy) is 1. The van der Waals surface area contributed by atoms with Crippen LogP contribution in [-0.4, -0.2) is 0 Å². The SMILES string of the molecule is Cc1ccc(/C=C/c2ccc(/C=C/c3ccc(P4(=O)c5cc(C)ccc5Oc5ccc(C)cc54)cc3)cc2)cc1. The van der Waals surface area contributed by atoms with Gasteiger partial charge in [-0.2, -0.15) is 0 Å². The molecule has 0 saturated heterocycles. The molecular formula is C37H31O2P. The van der Waals surface area contributed by atoms with Gasteiger partial charge in [0.2, 0.25) is 0 Å². The van der Waals surface area contributed by atoms with E-state index in [-0.39, 0.29) is 0 Å². The molecule has 0 atom stereocenters. The lowest BCUT2D eigenvalue weighted by Crippen LogP contribution is -2.31. The van der Waals surface area contributed by atoms with Crippen molar-refractivity contribution in [3.05, 3.63) is 148 Å². The maximum atomic E-state index is 15.0. The van der Waals surface area contributed by atoms with Crippen LogP contribution in [0.25, 0.3) is 24.3 Å². The summed E-state index contributed by atoms with van der Waals surface area (Å²) in [6.45, 7) is 6.15. The van der Waals surface area contributed by atoms with Crippen LogP contribution in [0.15, 0.2) is 109 Å². The number of aryl methyl sites for hydroxylation is 3. The lowest BCUT2D eigenvalue weighted by Gasteiger charge is -2.29. The first-order chi connectivity index (χ1) is 19.4. The molecule has 0 radical (unpaired) electrons. The van der Waals surface area contributed by atoms with E-state index in [0.717, 1.165) is 43.7 Å². The van der Waals surface area contributed by atoms with Gasteiger partial charge in [-0.25, -0.2) is 0 Å². The Morgan fingerprint density at radius 1 is 0.475 bits per heavy atom. The molecule has 1 aliphatic heterocycles. The Kier molecular flexibility index (Phi) is 6.88. The van der Waals surface area contributed by atoms with E-state index in [4.69, 9.17) is 4.74 Å². The van der Waals surface area contributed by atoms with Crippen molar-refractivity contribution in [1.82, 2.24) is 0 Å². The first kappa shape index (κ1) is 25.9. The van der Waals surface area contributed by atoms with E-state index in [1.165, 1.54) is 11.1 Å². The van der Waals surface area contributed by atoms with Crippen LogP contribution in [0.5, 0.6) is 11.5 Å². The third kappa shape index (κ3) is 5.11. The lowest BCUT2D eigenvalue weighted by molar-refractivity contribution is 0.485. The fourth-order valence-electron chi connectivity index (χ4n) is 5.02. The van der Waals surface area contributed by atoms with Crippen molar-refractivity contribution in [3.63, 3.8) is 0 Å². The highest BCUT2D eigenvalue weighted by molar-refractivity contribution is 7.85. The third-order valence-corrected chi connectivity index (χ3v) is 10.4. The van der Waals surface area contributed by atoms with Gasteiger partial charge in [0.05, 0.1) is 10.6 Å². The summed E-state index contributed by atoms with van der Waals surface area (Å²) in [5, 5.41) is 2.35. The maximum absolute atomic E-state index is 15.0. The van der Waals surface area contributed by atoms with Crippen LogP contribution in [0.3, 0.4) is 0 Å². The van der Waals surface area contributed by atoms with Gasteiger partial charge in [0.1, 0.15) is 11.5 Å². The van der Waals surface area contributed by atoms with Crippen LogP contribution in [-0.2, 0) is 4.57 Å². The Morgan fingerprint density at radius 3 is 1.25 bits per heavy atom. The fraction of sp³-hybridized carbons (Fsp3) is 0.0811. The zero-order chi connectivity index (χ0) is 27.7. The van der Waals surface area contributed by atoms with Crippen molar-refractivity contribution in [2.75, 3.05) is 0 Å². The zero-order valence-corrected chi connectivity index (χ0v) is 23.9. The number of hydrogen-bond acceptors (Lipinski definition) is 2. The molecular weight excluding hydrogens is 507 g/mol. The Bertz CT molecular complexity index is 1740. The van der Waals surface area contributed by atoms with Crippen LogP contribution in [0.2, 0.25) is 0 Å². The van der Waals surface area contributed by atoms with Gasteiger partial charge in [-0.05, 0) is 67.3 Å². The van der Waals surface area contributed by atoms with Crippen molar-refractivity contribution >= 4 is 47.4 Å². The van der Waals surface area contributed by atoms with E-state index >= 15 is 0 Å². The minimum Gasteiger partial charge on any atom is -0.456 e. The normalized spacial score (nSPS) is 13.7. The third-order valence-electron chi connectivity index (χ3n) is 7.33. The van der Waals surface area contributed by atoms with Crippen LogP contribution in [0.4, 0.5) is 0 Å². The van der Waals surface area contributed by atoms with Gasteiger partial charge in [0, 0.05) is 5.30 Å². The Morgan fingerprint density at radius 2 is 0.825 bits per heavy atom. The van der Waals surface area contributed by atoms with Crippen molar-refractivity contribution < 1.29 is 9.30 Å². The van der Waals surface area contributed by atoms with E-state index in [1.54, 1.807) is 0 Å². The monoisotopic (exact) mass is 538 g/mol. The molecule has 3 heteroatoms. The quantitative estimate of drug-likeness (QED) is 0.162. The van der Waals surface area contributed by atoms with Gasteiger partial charge >= 0.3 is 0 Å². The summed E-state index contributed by atoms with van der Waals surface area (Å²) in [6, 6.07) is 37.0. The molecule has 0 aromatic heterocycles. The average molecular weight is 539 g/mol. The number of benzene rings is 5. The van der Waals surface area contributed by atoms with Crippen molar-refractivity contribution in [1.29, 1.82) is 0 Å². The van der Waals surface area contributed by atoms with Crippen molar-refractivity contribution in [2.45, 2.75) is 20.8 Å². The molecule has 0 aliphatic carbocycles. The predicted octanol–water partition coefficient (Wildman–Crippen LogP) is 8.70. The van der Waals surface area contributed by atoms with Gasteiger partial charge < -0.3 is 9.30 Å². The highest BCUT2D eigenvalue weighted by Crippen LogP contribution is 2.51. The molecule has 0 amide bonds. The minimum absolute atomic E-state index is 0.673. The molecule has 1 heterocycles. The maximum Gasteiger partial charge on any atom is 0.178 e. The van der Waals surface area contributed by atoms with Gasteiger partial charge in [-0.15, -0.1) is 0 Å². The van der Waals surface area contributed by atoms with E-state index in [9.17, 15) is 4.57 Å². The molecule has 0 saturated carbocycles. The van der Waals surface area contributed by atoms with Gasteiger partial charge in [-0.1, -0.05) is 126 Å². The Balaban J connectivity index is 1.24. The standard InChI is InChI=1S/C37H31O2P/c1-26-4-8-29(9-5-26)10-11-30-12-14-31(15-13-30)16-17-32-18-20-33(21-19-32)40(38)36-24-27(2)6-22-34(36)39-35-23-7-28(3)25-37(35)40/h4-25H,1-3H3/b11-10+,17-16+. The minimum atomic E-state index is -3.09. The highest BCUT2D eigenvalue weighted by Gasteiger charge is 2.39. The lowest BCUT2D eigenvalue weighted by atomic mass is 10.1. The van der Waals surface area contributed by atoms with E-state index < -0.39 is 7.14 Å². The molecule has 196 valence electrons. The van der Waals surface area contributed by atoms with Crippen LogP contribution in [0, 0.1) is 20.8 Å². The Hall–Kier alpha value is -4.39. The van der Waals surface area contributed by atoms with Crippen LogP contribution < -0.4 is 20.7 Å². The number of fused-ring (bicyclic) bond motifs is 2. The molecule has 0 N–H and O–H groups in total. The first-order valence-electron chi connectivity index (χ1n) is 13.5. The zero-order valence-electron chi connectivity index (χ0n) is 23.0. The second-order valence-corrected chi connectivity index (χ2v) is 13.2. The second kappa shape index (κ2) is 10.6. The summed E-state index contributed by atoms with van der Waals surface area (Å²) >= 11 is 0. The fourth-order valence-corrected chi connectivity index (χ4v) is 8.04. The van der Waals surface area contributed by atoms with Crippen LogP contribution >= 0.6 is 7.14 Å². The molecule has 1 aliphatic rings. The van der Waals surface area contributed by atoms with Gasteiger partial charge in [0.15, 0.2) is 7.14 Å². The molecule has 0 unspecified atom stereocenters. The van der Waals surface area contributed by atoms with Crippen molar-refractivity contribution in [3.8, 4) is 11.5 Å². The van der Waals surface area contributed by atoms with E-state index in [1.807, 2.05) is 74.5 Å². The summed E-state index contributed by atoms with van der Waals surface area (Å²) < 4.78 is 21.1. The summed E-state index contributed by atoms with van der Waals surface area (Å²) in [5.74, 6) is 1.35. The van der Waals surface area contributed by atoms with Crippen LogP contribution in [0.1, 0.15) is 38.9 Å². The second-order valence-electron chi connectivity index (χ2n) is 10.5. The largest absolute Gasteiger partial charge is 0.456 e.